The predicted octanol–water partition coefficient (Wildman–Crippen LogP) is 5.33. The maximum atomic E-state index is 13.3. The standard InChI is InChI=1S/C25H25F3N4O2/c1-16-13-21(30-32(16)15-18-6-4-5-17(14-18)11-12-33)23-29-22(31-34-23)19-7-9-20(10-8-19)24(2,3)25(26,27)28/h4-10,13-14,33H,11-12,15H2,1-3H3. The lowest BCUT2D eigenvalue weighted by atomic mass is 9.83. The Labute approximate surface area is 195 Å². The molecule has 0 aliphatic heterocycles. The van der Waals surface area contributed by atoms with Crippen LogP contribution in [0.3, 0.4) is 0 Å². The van der Waals surface area contributed by atoms with Gasteiger partial charge in [0.15, 0.2) is 5.69 Å². The second kappa shape index (κ2) is 9.06. The number of aliphatic hydroxyl groups is 1. The van der Waals surface area contributed by atoms with Crippen LogP contribution in [0.25, 0.3) is 23.0 Å². The molecule has 2 aromatic carbocycles. The zero-order chi connectivity index (χ0) is 24.5. The predicted molar refractivity (Wildman–Crippen MR) is 121 cm³/mol. The molecule has 4 aromatic rings. The summed E-state index contributed by atoms with van der Waals surface area (Å²) in [4.78, 5) is 4.39. The normalized spacial score (nSPS) is 12.3. The smallest absolute Gasteiger partial charge is 0.396 e. The molecule has 0 atom stereocenters. The largest absolute Gasteiger partial charge is 0.397 e. The van der Waals surface area contributed by atoms with E-state index < -0.39 is 11.6 Å². The van der Waals surface area contributed by atoms with Crippen molar-refractivity contribution in [3.63, 3.8) is 0 Å². The van der Waals surface area contributed by atoms with Crippen LogP contribution in [-0.2, 0) is 18.4 Å². The van der Waals surface area contributed by atoms with Gasteiger partial charge in [0.1, 0.15) is 0 Å². The summed E-state index contributed by atoms with van der Waals surface area (Å²) in [5.74, 6) is 0.501. The number of rotatable bonds is 7. The Bertz CT molecular complexity index is 1270. The van der Waals surface area contributed by atoms with Gasteiger partial charge in [0.25, 0.3) is 5.89 Å². The van der Waals surface area contributed by atoms with Gasteiger partial charge in [-0.2, -0.15) is 23.3 Å². The fourth-order valence-electron chi connectivity index (χ4n) is 3.60. The zero-order valence-corrected chi connectivity index (χ0v) is 19.1. The van der Waals surface area contributed by atoms with Crippen LogP contribution in [0, 0.1) is 6.92 Å². The van der Waals surface area contributed by atoms with Crippen molar-refractivity contribution in [1.29, 1.82) is 0 Å². The van der Waals surface area contributed by atoms with Gasteiger partial charge in [-0.1, -0.05) is 53.7 Å². The third-order valence-corrected chi connectivity index (χ3v) is 5.92. The number of nitrogens with zero attached hydrogens (tertiary/aromatic N) is 4. The summed E-state index contributed by atoms with van der Waals surface area (Å²) in [6.07, 6.45) is -3.76. The molecule has 0 unspecified atom stereocenters. The highest BCUT2D eigenvalue weighted by atomic mass is 19.4. The first-order chi connectivity index (χ1) is 16.1. The van der Waals surface area contributed by atoms with Gasteiger partial charge in [0.05, 0.1) is 12.0 Å². The number of hydrogen-bond acceptors (Lipinski definition) is 5. The lowest BCUT2D eigenvalue weighted by Gasteiger charge is -2.28. The Morgan fingerprint density at radius 1 is 1.00 bits per heavy atom. The van der Waals surface area contributed by atoms with E-state index in [2.05, 4.69) is 15.2 Å². The Kier molecular flexibility index (Phi) is 6.31. The molecule has 4 rings (SSSR count). The van der Waals surface area contributed by atoms with E-state index in [4.69, 9.17) is 9.63 Å². The van der Waals surface area contributed by atoms with Gasteiger partial charge in [0.2, 0.25) is 5.82 Å². The van der Waals surface area contributed by atoms with E-state index >= 15 is 0 Å². The molecule has 6 nitrogen and oxygen atoms in total. The minimum absolute atomic E-state index is 0.0940. The molecule has 2 heterocycles. The first-order valence-corrected chi connectivity index (χ1v) is 10.8. The first kappa shape index (κ1) is 23.7. The van der Waals surface area contributed by atoms with Crippen molar-refractivity contribution in [2.75, 3.05) is 6.61 Å². The van der Waals surface area contributed by atoms with Gasteiger partial charge >= 0.3 is 6.18 Å². The number of hydrogen-bond donors (Lipinski definition) is 1. The molecule has 0 aliphatic carbocycles. The average Bonchev–Trinajstić information content (AvgIpc) is 3.41. The highest BCUT2D eigenvalue weighted by Gasteiger charge is 2.48. The molecule has 2 aromatic heterocycles. The third kappa shape index (κ3) is 4.75. The molecule has 0 saturated carbocycles. The van der Waals surface area contributed by atoms with Crippen molar-refractivity contribution >= 4 is 0 Å². The van der Waals surface area contributed by atoms with Crippen LogP contribution in [0.15, 0.2) is 59.1 Å². The fraction of sp³-hybridized carbons (Fsp3) is 0.320. The second-order valence-corrected chi connectivity index (χ2v) is 8.75. The Balaban J connectivity index is 1.53. The monoisotopic (exact) mass is 470 g/mol. The van der Waals surface area contributed by atoms with Crippen molar-refractivity contribution < 1.29 is 22.8 Å². The lowest BCUT2D eigenvalue weighted by molar-refractivity contribution is -0.180. The topological polar surface area (TPSA) is 77.0 Å². The molecule has 0 saturated heterocycles. The Morgan fingerprint density at radius 2 is 1.71 bits per heavy atom. The summed E-state index contributed by atoms with van der Waals surface area (Å²) in [7, 11) is 0. The molecular weight excluding hydrogens is 445 g/mol. The summed E-state index contributed by atoms with van der Waals surface area (Å²) < 4.78 is 47.1. The SMILES string of the molecule is Cc1cc(-c2nc(-c3ccc(C(C)(C)C(F)(F)F)cc3)no2)nn1Cc1cccc(CCO)c1. The lowest BCUT2D eigenvalue weighted by Crippen LogP contribution is -2.36. The van der Waals surface area contributed by atoms with E-state index in [0.717, 1.165) is 30.7 Å². The second-order valence-electron chi connectivity index (χ2n) is 8.75. The van der Waals surface area contributed by atoms with E-state index in [1.807, 2.05) is 41.9 Å². The van der Waals surface area contributed by atoms with E-state index in [1.54, 1.807) is 12.1 Å². The zero-order valence-electron chi connectivity index (χ0n) is 19.1. The molecule has 0 aliphatic rings. The highest BCUT2D eigenvalue weighted by molar-refractivity contribution is 5.58. The molecule has 0 bridgehead atoms. The highest BCUT2D eigenvalue weighted by Crippen LogP contribution is 2.40. The summed E-state index contributed by atoms with van der Waals surface area (Å²) in [6.45, 7) is 4.86. The van der Waals surface area contributed by atoms with Crippen molar-refractivity contribution in [2.45, 2.75) is 45.3 Å². The number of aromatic nitrogens is 4. The molecule has 1 N–H and O–H groups in total. The van der Waals surface area contributed by atoms with Gasteiger partial charge in [-0.3, -0.25) is 4.68 Å². The molecule has 178 valence electrons. The summed E-state index contributed by atoms with van der Waals surface area (Å²) >= 11 is 0. The van der Waals surface area contributed by atoms with Crippen molar-refractivity contribution in [3.8, 4) is 23.0 Å². The number of halogens is 3. The van der Waals surface area contributed by atoms with E-state index in [9.17, 15) is 13.2 Å². The summed E-state index contributed by atoms with van der Waals surface area (Å²) in [5.41, 5.74) is 2.26. The maximum absolute atomic E-state index is 13.3. The minimum Gasteiger partial charge on any atom is -0.396 e. The van der Waals surface area contributed by atoms with E-state index in [1.165, 1.54) is 12.1 Å². The van der Waals surface area contributed by atoms with E-state index in [0.29, 0.717) is 24.2 Å². The van der Waals surface area contributed by atoms with Crippen molar-refractivity contribution in [2.24, 2.45) is 0 Å². The van der Waals surface area contributed by atoms with Crippen LogP contribution < -0.4 is 0 Å². The Morgan fingerprint density at radius 3 is 2.38 bits per heavy atom. The van der Waals surface area contributed by atoms with Crippen LogP contribution in [0.2, 0.25) is 0 Å². The van der Waals surface area contributed by atoms with Gasteiger partial charge < -0.3 is 9.63 Å². The molecule has 0 fully saturated rings. The molecule has 34 heavy (non-hydrogen) atoms. The van der Waals surface area contributed by atoms with Crippen LogP contribution in [0.1, 0.15) is 36.2 Å². The van der Waals surface area contributed by atoms with Gasteiger partial charge in [-0.05, 0) is 49.9 Å². The van der Waals surface area contributed by atoms with Gasteiger partial charge in [-0.25, -0.2) is 0 Å². The first-order valence-electron chi connectivity index (χ1n) is 10.8. The third-order valence-electron chi connectivity index (χ3n) is 5.92. The quantitative estimate of drug-likeness (QED) is 0.395. The molecule has 0 amide bonds. The van der Waals surface area contributed by atoms with Crippen LogP contribution in [0.4, 0.5) is 13.2 Å². The number of aliphatic hydroxyl groups excluding tert-OH is 1. The summed E-state index contributed by atoms with van der Waals surface area (Å²) in [6, 6.07) is 15.8. The Hall–Kier alpha value is -3.46. The molecule has 0 radical (unpaired) electrons. The number of alkyl halides is 3. The summed E-state index contributed by atoms with van der Waals surface area (Å²) in [5, 5.41) is 17.7. The minimum atomic E-state index is -4.36. The number of aryl methyl sites for hydroxylation is 1. The molecule has 9 heteroatoms. The van der Waals surface area contributed by atoms with Crippen LogP contribution >= 0.6 is 0 Å². The van der Waals surface area contributed by atoms with Crippen LogP contribution in [-0.4, -0.2) is 37.8 Å². The van der Waals surface area contributed by atoms with Crippen molar-refractivity contribution in [1.82, 2.24) is 19.9 Å². The molecular formula is C25H25F3N4O2. The van der Waals surface area contributed by atoms with Crippen LogP contribution in [0.5, 0.6) is 0 Å². The fourth-order valence-corrected chi connectivity index (χ4v) is 3.60. The number of benzene rings is 2. The van der Waals surface area contributed by atoms with Gasteiger partial charge in [0, 0.05) is 17.9 Å². The maximum Gasteiger partial charge on any atom is 0.397 e. The average molecular weight is 470 g/mol. The van der Waals surface area contributed by atoms with Crippen molar-refractivity contribution in [3.05, 3.63) is 77.0 Å². The molecule has 0 spiro atoms. The van der Waals surface area contributed by atoms with E-state index in [-0.39, 0.29) is 23.9 Å². The van der Waals surface area contributed by atoms with Gasteiger partial charge in [-0.15, -0.1) is 0 Å².